The number of benzene rings is 1. The van der Waals surface area contributed by atoms with Crippen LogP contribution in [0, 0.1) is 5.82 Å². The lowest BCUT2D eigenvalue weighted by Gasteiger charge is -2.18. The van der Waals surface area contributed by atoms with Crippen molar-refractivity contribution in [3.63, 3.8) is 0 Å². The first-order chi connectivity index (χ1) is 12.0. The first-order valence-electron chi connectivity index (χ1n) is 7.93. The number of pyridine rings is 1. The number of rotatable bonds is 4. The molecular formula is C18H18Cl2FN3S. The van der Waals surface area contributed by atoms with Crippen LogP contribution in [-0.4, -0.2) is 18.1 Å². The average molecular weight is 398 g/mol. The summed E-state index contributed by atoms with van der Waals surface area (Å²) in [6.45, 7) is 3.73. The SMILES string of the molecule is CC(Sc1cc(C2=CCNCC2)cnc1N)c1c(Cl)ccc(F)c1Cl. The summed E-state index contributed by atoms with van der Waals surface area (Å²) < 4.78 is 13.8. The van der Waals surface area contributed by atoms with Gasteiger partial charge >= 0.3 is 0 Å². The zero-order valence-electron chi connectivity index (χ0n) is 13.7. The highest BCUT2D eigenvalue weighted by molar-refractivity contribution is 7.99. The fourth-order valence-electron chi connectivity index (χ4n) is 2.77. The Morgan fingerprint density at radius 2 is 2.16 bits per heavy atom. The summed E-state index contributed by atoms with van der Waals surface area (Å²) in [4.78, 5) is 5.15. The number of hydrogen-bond donors (Lipinski definition) is 2. The molecule has 25 heavy (non-hydrogen) atoms. The molecule has 132 valence electrons. The number of halogens is 3. The standard InChI is InChI=1S/C18H18Cl2FN3S/c1-10(16-13(19)2-3-14(21)17(16)20)25-15-8-12(9-24-18(15)22)11-4-6-23-7-5-11/h2-4,8-10,23H,5-7H2,1H3,(H2,22,24). The summed E-state index contributed by atoms with van der Waals surface area (Å²) in [5.74, 6) is -0.0352. The van der Waals surface area contributed by atoms with E-state index in [1.54, 1.807) is 6.20 Å². The van der Waals surface area contributed by atoms with Crippen LogP contribution in [0.3, 0.4) is 0 Å². The second kappa shape index (κ2) is 7.96. The highest BCUT2D eigenvalue weighted by Crippen LogP contribution is 2.44. The predicted octanol–water partition coefficient (Wildman–Crippen LogP) is 5.34. The number of nitrogens with two attached hydrogens (primary N) is 1. The van der Waals surface area contributed by atoms with Crippen molar-refractivity contribution in [2.45, 2.75) is 23.5 Å². The lowest BCUT2D eigenvalue weighted by Crippen LogP contribution is -2.20. The number of nitrogens with one attached hydrogen (secondary N) is 1. The summed E-state index contributed by atoms with van der Waals surface area (Å²) in [6, 6.07) is 4.82. The maximum Gasteiger partial charge on any atom is 0.142 e. The van der Waals surface area contributed by atoms with Crippen LogP contribution in [0.15, 0.2) is 35.4 Å². The van der Waals surface area contributed by atoms with E-state index in [9.17, 15) is 4.39 Å². The van der Waals surface area contributed by atoms with Crippen molar-refractivity contribution in [2.75, 3.05) is 18.8 Å². The summed E-state index contributed by atoms with van der Waals surface area (Å²) in [5.41, 5.74) is 8.93. The van der Waals surface area contributed by atoms with Crippen molar-refractivity contribution < 1.29 is 4.39 Å². The molecule has 1 aromatic heterocycles. The molecule has 3 rings (SSSR count). The summed E-state index contributed by atoms with van der Waals surface area (Å²) >= 11 is 13.8. The van der Waals surface area contributed by atoms with E-state index in [0.29, 0.717) is 16.4 Å². The zero-order valence-corrected chi connectivity index (χ0v) is 16.0. The smallest absolute Gasteiger partial charge is 0.142 e. The van der Waals surface area contributed by atoms with Gasteiger partial charge in [-0.25, -0.2) is 9.37 Å². The Morgan fingerprint density at radius 3 is 2.88 bits per heavy atom. The van der Waals surface area contributed by atoms with Gasteiger partial charge in [0.25, 0.3) is 0 Å². The molecule has 0 fully saturated rings. The Labute approximate surface area is 160 Å². The molecule has 1 aliphatic heterocycles. The molecule has 0 saturated heterocycles. The first kappa shape index (κ1) is 18.5. The number of nitrogens with zero attached hydrogens (tertiary/aromatic N) is 1. The van der Waals surface area contributed by atoms with Gasteiger partial charge in [-0.2, -0.15) is 0 Å². The molecule has 0 bridgehead atoms. The minimum Gasteiger partial charge on any atom is -0.383 e. The Hall–Kier alpha value is -1.27. The summed E-state index contributed by atoms with van der Waals surface area (Å²) in [5, 5.41) is 3.61. The van der Waals surface area contributed by atoms with Crippen molar-refractivity contribution in [3.05, 3.63) is 57.5 Å². The van der Waals surface area contributed by atoms with E-state index in [4.69, 9.17) is 28.9 Å². The van der Waals surface area contributed by atoms with Crippen LogP contribution in [0.25, 0.3) is 5.57 Å². The largest absolute Gasteiger partial charge is 0.383 e. The molecule has 2 aromatic rings. The highest BCUT2D eigenvalue weighted by Gasteiger charge is 2.20. The Morgan fingerprint density at radius 1 is 1.36 bits per heavy atom. The number of hydrogen-bond acceptors (Lipinski definition) is 4. The average Bonchev–Trinajstić information content (AvgIpc) is 2.61. The van der Waals surface area contributed by atoms with Gasteiger partial charge in [-0.15, -0.1) is 11.8 Å². The molecule has 7 heteroatoms. The number of nitrogen functional groups attached to an aromatic ring is 1. The maximum atomic E-state index is 13.8. The molecule has 3 N–H and O–H groups in total. The van der Waals surface area contributed by atoms with Crippen LogP contribution in [0.2, 0.25) is 10.0 Å². The Balaban J connectivity index is 1.90. The third-order valence-electron chi connectivity index (χ3n) is 4.11. The second-order valence-electron chi connectivity index (χ2n) is 5.81. The molecule has 1 aliphatic rings. The number of aromatic nitrogens is 1. The monoisotopic (exact) mass is 397 g/mol. The minimum absolute atomic E-state index is 0.0521. The van der Waals surface area contributed by atoms with Crippen molar-refractivity contribution in [1.29, 1.82) is 0 Å². The van der Waals surface area contributed by atoms with Crippen LogP contribution < -0.4 is 11.1 Å². The number of thioether (sulfide) groups is 1. The quantitative estimate of drug-likeness (QED) is 0.539. The predicted molar refractivity (Wildman–Crippen MR) is 105 cm³/mol. The van der Waals surface area contributed by atoms with E-state index in [-0.39, 0.29) is 10.3 Å². The Kier molecular flexibility index (Phi) is 5.89. The summed E-state index contributed by atoms with van der Waals surface area (Å²) in [6.07, 6.45) is 4.91. The molecule has 0 aliphatic carbocycles. The molecule has 0 radical (unpaired) electrons. The fourth-order valence-corrected chi connectivity index (χ4v) is 4.71. The molecule has 1 atom stereocenters. The van der Waals surface area contributed by atoms with Crippen molar-refractivity contribution in [1.82, 2.24) is 10.3 Å². The van der Waals surface area contributed by atoms with E-state index in [2.05, 4.69) is 16.4 Å². The van der Waals surface area contributed by atoms with Crippen LogP contribution in [-0.2, 0) is 0 Å². The lowest BCUT2D eigenvalue weighted by molar-refractivity contribution is 0.626. The fraction of sp³-hybridized carbons (Fsp3) is 0.278. The molecule has 3 nitrogen and oxygen atoms in total. The third kappa shape index (κ3) is 4.11. The van der Waals surface area contributed by atoms with Crippen LogP contribution in [0.5, 0.6) is 0 Å². The molecular weight excluding hydrogens is 380 g/mol. The van der Waals surface area contributed by atoms with Crippen molar-refractivity contribution in [2.24, 2.45) is 0 Å². The van der Waals surface area contributed by atoms with Gasteiger partial charge in [0.1, 0.15) is 11.6 Å². The second-order valence-corrected chi connectivity index (χ2v) is 7.98. The molecule has 1 aromatic carbocycles. The highest BCUT2D eigenvalue weighted by atomic mass is 35.5. The topological polar surface area (TPSA) is 50.9 Å². The molecule has 0 saturated carbocycles. The molecule has 0 spiro atoms. The van der Waals surface area contributed by atoms with Crippen molar-refractivity contribution >= 4 is 46.4 Å². The van der Waals surface area contributed by atoms with E-state index in [1.165, 1.54) is 29.5 Å². The normalized spacial score (nSPS) is 15.8. The Bertz CT molecular complexity index is 826. The van der Waals surface area contributed by atoms with E-state index in [0.717, 1.165) is 30.0 Å². The number of anilines is 1. The molecule has 1 unspecified atom stereocenters. The van der Waals surface area contributed by atoms with Gasteiger partial charge in [-0.1, -0.05) is 29.3 Å². The minimum atomic E-state index is -0.478. The van der Waals surface area contributed by atoms with Gasteiger partial charge in [0.15, 0.2) is 0 Å². The van der Waals surface area contributed by atoms with Crippen molar-refractivity contribution in [3.8, 4) is 0 Å². The summed E-state index contributed by atoms with van der Waals surface area (Å²) in [7, 11) is 0. The van der Waals surface area contributed by atoms with Gasteiger partial charge in [0, 0.05) is 28.6 Å². The van der Waals surface area contributed by atoms with Crippen LogP contribution in [0.1, 0.15) is 29.7 Å². The van der Waals surface area contributed by atoms with E-state index >= 15 is 0 Å². The van der Waals surface area contributed by atoms with Crippen LogP contribution >= 0.6 is 35.0 Å². The van der Waals surface area contributed by atoms with Gasteiger partial charge in [0.05, 0.1) is 9.92 Å². The van der Waals surface area contributed by atoms with E-state index < -0.39 is 5.82 Å². The maximum absolute atomic E-state index is 13.8. The zero-order chi connectivity index (χ0) is 18.0. The van der Waals surface area contributed by atoms with Gasteiger partial charge in [-0.05, 0) is 49.2 Å². The lowest BCUT2D eigenvalue weighted by atomic mass is 10.0. The van der Waals surface area contributed by atoms with Gasteiger partial charge in [0.2, 0.25) is 0 Å². The first-order valence-corrected chi connectivity index (χ1v) is 9.56. The third-order valence-corrected chi connectivity index (χ3v) is 5.99. The van der Waals surface area contributed by atoms with E-state index in [1.807, 2.05) is 13.0 Å². The van der Waals surface area contributed by atoms with Gasteiger partial charge in [-0.3, -0.25) is 0 Å². The van der Waals surface area contributed by atoms with Crippen LogP contribution in [0.4, 0.5) is 10.2 Å². The molecule has 0 amide bonds. The van der Waals surface area contributed by atoms with Gasteiger partial charge < -0.3 is 11.1 Å². The molecule has 2 heterocycles.